The van der Waals surface area contributed by atoms with Gasteiger partial charge in [0.2, 0.25) is 0 Å². The number of likely N-dealkylation sites (tertiary alicyclic amines) is 1. The van der Waals surface area contributed by atoms with Crippen molar-refractivity contribution in [1.29, 1.82) is 0 Å². The summed E-state index contributed by atoms with van der Waals surface area (Å²) < 4.78 is 37.1. The maximum Gasteiger partial charge on any atom is 0.410 e. The van der Waals surface area contributed by atoms with Crippen LogP contribution >= 0.6 is 0 Å². The van der Waals surface area contributed by atoms with Crippen LogP contribution in [0, 0.1) is 0 Å². The molecule has 1 fully saturated rings. The molecule has 0 unspecified atom stereocenters. The first-order valence-electron chi connectivity index (χ1n) is 6.20. The fourth-order valence-corrected chi connectivity index (χ4v) is 1.72. The van der Waals surface area contributed by atoms with Gasteiger partial charge in [-0.15, -0.1) is 0 Å². The second-order valence-corrected chi connectivity index (χ2v) is 5.55. The predicted molar refractivity (Wildman–Crippen MR) is 67.5 cm³/mol. The van der Waals surface area contributed by atoms with Gasteiger partial charge in [0.1, 0.15) is 5.60 Å². The molecule has 0 atom stereocenters. The zero-order chi connectivity index (χ0) is 15.6. The van der Waals surface area contributed by atoms with Crippen molar-refractivity contribution in [1.82, 2.24) is 4.90 Å². The predicted octanol–water partition coefficient (Wildman–Crippen LogP) is 2.36. The maximum absolute atomic E-state index is 13.9. The van der Waals surface area contributed by atoms with Gasteiger partial charge in [-0.1, -0.05) is 0 Å². The highest BCUT2D eigenvalue weighted by Gasteiger charge is 2.43. The highest BCUT2D eigenvalue weighted by molar-refractivity contribution is 5.83. The van der Waals surface area contributed by atoms with Gasteiger partial charge in [-0.05, 0) is 27.2 Å². The Morgan fingerprint density at radius 2 is 1.95 bits per heavy atom. The van der Waals surface area contributed by atoms with Crippen LogP contribution in [0.5, 0.6) is 0 Å². The van der Waals surface area contributed by atoms with Gasteiger partial charge < -0.3 is 14.4 Å². The Balaban J connectivity index is 2.76. The number of piperidine rings is 1. The van der Waals surface area contributed by atoms with Crippen molar-refractivity contribution in [3.63, 3.8) is 0 Å². The Bertz CT molecular complexity index is 427. The quantitative estimate of drug-likeness (QED) is 0.550. The fourth-order valence-electron chi connectivity index (χ4n) is 1.72. The Kier molecular flexibility index (Phi) is 4.73. The molecule has 0 aliphatic carbocycles. The van der Waals surface area contributed by atoms with Gasteiger partial charge in [-0.3, -0.25) is 0 Å². The number of hydrogen-bond acceptors (Lipinski definition) is 4. The molecule has 0 spiro atoms. The van der Waals surface area contributed by atoms with E-state index in [2.05, 4.69) is 4.74 Å². The molecule has 1 heterocycles. The van der Waals surface area contributed by atoms with Crippen LogP contribution in [-0.4, -0.2) is 48.7 Å². The van der Waals surface area contributed by atoms with E-state index in [1.807, 2.05) is 0 Å². The molecule has 114 valence electrons. The minimum absolute atomic E-state index is 0.0767. The lowest BCUT2D eigenvalue weighted by Gasteiger charge is -2.35. The van der Waals surface area contributed by atoms with E-state index >= 15 is 0 Å². The maximum atomic E-state index is 13.9. The molecule has 0 aromatic heterocycles. The lowest BCUT2D eigenvalue weighted by molar-refractivity contribution is -0.135. The summed E-state index contributed by atoms with van der Waals surface area (Å²) in [6, 6.07) is 0. The number of rotatable bonds is 1. The van der Waals surface area contributed by atoms with Crippen molar-refractivity contribution in [2.24, 2.45) is 0 Å². The van der Waals surface area contributed by atoms with Crippen LogP contribution < -0.4 is 0 Å². The molecule has 1 aliphatic heterocycles. The van der Waals surface area contributed by atoms with Gasteiger partial charge in [0.15, 0.2) is 0 Å². The second kappa shape index (κ2) is 5.76. The van der Waals surface area contributed by atoms with E-state index in [-0.39, 0.29) is 18.5 Å². The van der Waals surface area contributed by atoms with E-state index in [0.717, 1.165) is 18.1 Å². The molecule has 1 rings (SSSR count). The number of esters is 1. The molecule has 0 aromatic carbocycles. The molecule has 1 saturated heterocycles. The number of carbonyl (C=O) groups excluding carboxylic acids is 2. The number of amides is 1. The number of ether oxygens (including phenoxy) is 2. The average Bonchev–Trinajstić information content (AvgIpc) is 2.28. The van der Waals surface area contributed by atoms with Gasteiger partial charge in [0.05, 0.1) is 13.7 Å². The van der Waals surface area contributed by atoms with E-state index in [0.29, 0.717) is 0 Å². The van der Waals surface area contributed by atoms with Crippen LogP contribution in [0.3, 0.4) is 0 Å². The Morgan fingerprint density at radius 1 is 1.35 bits per heavy atom. The van der Waals surface area contributed by atoms with Gasteiger partial charge in [0, 0.05) is 18.2 Å². The number of alkyl halides is 2. The molecular weight excluding hydrogens is 272 g/mol. The van der Waals surface area contributed by atoms with Gasteiger partial charge >= 0.3 is 12.1 Å². The van der Waals surface area contributed by atoms with E-state index in [1.54, 1.807) is 20.8 Å². The zero-order valence-corrected chi connectivity index (χ0v) is 12.0. The van der Waals surface area contributed by atoms with Crippen LogP contribution in [-0.2, 0) is 14.3 Å². The summed E-state index contributed by atoms with van der Waals surface area (Å²) in [5, 5.41) is 0. The van der Waals surface area contributed by atoms with E-state index < -0.39 is 30.1 Å². The summed E-state index contributed by atoms with van der Waals surface area (Å²) in [7, 11) is 1.12. The van der Waals surface area contributed by atoms with Crippen LogP contribution in [0.25, 0.3) is 0 Å². The third-order valence-corrected chi connectivity index (χ3v) is 2.66. The van der Waals surface area contributed by atoms with Crippen molar-refractivity contribution in [3.8, 4) is 0 Å². The summed E-state index contributed by atoms with van der Waals surface area (Å²) in [5.41, 5.74) is -1.07. The molecule has 7 heteroatoms. The molecule has 0 N–H and O–H groups in total. The SMILES string of the molecule is COC(=O)/C=C1/CCN(C(=O)OC(C)(C)C)CC1(F)F. The van der Waals surface area contributed by atoms with Crippen LogP contribution in [0.2, 0.25) is 0 Å². The molecule has 0 radical (unpaired) electrons. The van der Waals surface area contributed by atoms with Crippen molar-refractivity contribution >= 4 is 12.1 Å². The summed E-state index contributed by atoms with van der Waals surface area (Å²) in [4.78, 5) is 23.7. The van der Waals surface area contributed by atoms with E-state index in [4.69, 9.17) is 4.74 Å². The van der Waals surface area contributed by atoms with Crippen LogP contribution in [0.1, 0.15) is 27.2 Å². The van der Waals surface area contributed by atoms with Crippen LogP contribution in [0.4, 0.5) is 13.6 Å². The second-order valence-electron chi connectivity index (χ2n) is 5.55. The number of methoxy groups -OCH3 is 1. The van der Waals surface area contributed by atoms with E-state index in [9.17, 15) is 18.4 Å². The first kappa shape index (κ1) is 16.4. The smallest absolute Gasteiger partial charge is 0.410 e. The third-order valence-electron chi connectivity index (χ3n) is 2.66. The normalized spacial score (nSPS) is 20.7. The van der Waals surface area contributed by atoms with Gasteiger partial charge in [0.25, 0.3) is 5.92 Å². The van der Waals surface area contributed by atoms with Crippen molar-refractivity contribution in [3.05, 3.63) is 11.6 Å². The van der Waals surface area contributed by atoms with Crippen molar-refractivity contribution in [2.75, 3.05) is 20.2 Å². The molecule has 0 aromatic rings. The molecule has 0 bridgehead atoms. The zero-order valence-electron chi connectivity index (χ0n) is 12.0. The summed E-state index contributed by atoms with van der Waals surface area (Å²) >= 11 is 0. The van der Waals surface area contributed by atoms with Gasteiger partial charge in [-0.25, -0.2) is 9.59 Å². The molecule has 1 aliphatic rings. The van der Waals surface area contributed by atoms with E-state index in [1.165, 1.54) is 0 Å². The fraction of sp³-hybridized carbons (Fsp3) is 0.692. The summed E-state index contributed by atoms with van der Waals surface area (Å²) in [5.74, 6) is -4.09. The number of hydrogen-bond donors (Lipinski definition) is 0. The largest absolute Gasteiger partial charge is 0.466 e. The first-order valence-corrected chi connectivity index (χ1v) is 6.20. The lowest BCUT2D eigenvalue weighted by Crippen LogP contribution is -2.48. The lowest BCUT2D eigenvalue weighted by atomic mass is 10.00. The Hall–Kier alpha value is -1.66. The van der Waals surface area contributed by atoms with Crippen molar-refractivity contribution < 1.29 is 27.8 Å². The minimum atomic E-state index is -3.26. The highest BCUT2D eigenvalue weighted by atomic mass is 19.3. The standard InChI is InChI=1S/C13H19F2NO4/c1-12(2,3)20-11(18)16-6-5-9(7-10(17)19-4)13(14,15)8-16/h7H,5-6,8H2,1-4H3/b9-7-. The number of halogens is 2. The summed E-state index contributed by atoms with van der Waals surface area (Å²) in [6.45, 7) is 4.26. The minimum Gasteiger partial charge on any atom is -0.466 e. The van der Waals surface area contributed by atoms with Crippen LogP contribution in [0.15, 0.2) is 11.6 Å². The third kappa shape index (κ3) is 4.47. The monoisotopic (exact) mass is 291 g/mol. The van der Waals surface area contributed by atoms with Crippen molar-refractivity contribution in [2.45, 2.75) is 38.7 Å². The number of carbonyl (C=O) groups is 2. The molecular formula is C13H19F2NO4. The summed E-state index contributed by atoms with van der Waals surface area (Å²) in [6.07, 6.45) is -0.0948. The first-order chi connectivity index (χ1) is 9.05. The molecule has 20 heavy (non-hydrogen) atoms. The highest BCUT2D eigenvalue weighted by Crippen LogP contribution is 2.32. The Morgan fingerprint density at radius 3 is 2.40 bits per heavy atom. The topological polar surface area (TPSA) is 55.8 Å². The molecule has 1 amide bonds. The Labute approximate surface area is 116 Å². The number of nitrogens with zero attached hydrogens (tertiary/aromatic N) is 1. The molecule has 5 nitrogen and oxygen atoms in total. The average molecular weight is 291 g/mol. The molecule has 0 saturated carbocycles. The van der Waals surface area contributed by atoms with Gasteiger partial charge in [-0.2, -0.15) is 8.78 Å².